The molecule has 3 saturated heterocycles. The number of pyridine rings is 1. The molecule has 5 atom stereocenters. The van der Waals surface area contributed by atoms with E-state index in [-0.39, 0.29) is 18.1 Å². The molecule has 5 nitrogen and oxygen atoms in total. The molecule has 1 aromatic carbocycles. The van der Waals surface area contributed by atoms with E-state index in [1.165, 1.54) is 6.42 Å². The maximum atomic E-state index is 13.0. The van der Waals surface area contributed by atoms with E-state index >= 15 is 0 Å². The van der Waals surface area contributed by atoms with E-state index in [1.54, 1.807) is 7.11 Å². The van der Waals surface area contributed by atoms with Gasteiger partial charge in [0.25, 0.3) is 0 Å². The number of methoxy groups -OCH3 is 1. The second kappa shape index (κ2) is 8.03. The van der Waals surface area contributed by atoms with Crippen molar-refractivity contribution in [3.05, 3.63) is 48.7 Å². The summed E-state index contributed by atoms with van der Waals surface area (Å²) in [4.78, 5) is 20.0. The first-order valence-electron chi connectivity index (χ1n) is 10.8. The minimum absolute atomic E-state index is 0.156. The molecule has 0 N–H and O–H groups in total. The smallest absolute Gasteiger partial charge is 0.311 e. The normalized spacial score (nSPS) is 26.9. The van der Waals surface area contributed by atoms with Crippen molar-refractivity contribution in [2.75, 3.05) is 20.2 Å². The van der Waals surface area contributed by atoms with Crippen LogP contribution in [-0.4, -0.2) is 42.1 Å². The van der Waals surface area contributed by atoms with Gasteiger partial charge in [0.2, 0.25) is 0 Å². The first kappa shape index (κ1) is 20.9. The molecule has 0 spiro atoms. The topological polar surface area (TPSA) is 51.7 Å². The van der Waals surface area contributed by atoms with Gasteiger partial charge < -0.3 is 9.47 Å². The lowest BCUT2D eigenvalue weighted by Gasteiger charge is -2.51. The predicted octanol–water partition coefficient (Wildman–Crippen LogP) is 4.77. The van der Waals surface area contributed by atoms with Crippen LogP contribution in [0.2, 0.25) is 0 Å². The van der Waals surface area contributed by atoms with Crippen molar-refractivity contribution in [3.63, 3.8) is 0 Å². The van der Waals surface area contributed by atoms with Crippen molar-refractivity contribution in [1.82, 2.24) is 9.88 Å². The standard InChI is InChI=1S/C25H32N2O3/c1-6-16-15-27-12-10-17(16)13-22(27)23(30-24(28)25(2,3)4)19-9-11-26-21-8-7-18(29-5)14-20(19)21/h6-9,11,14,16-17,22-23H,1,10,12-13,15H2,2-5H3/t16-,17?,22+,23-/m0/s1. The third-order valence-corrected chi connectivity index (χ3v) is 6.64. The van der Waals surface area contributed by atoms with Gasteiger partial charge >= 0.3 is 5.97 Å². The molecule has 0 saturated carbocycles. The van der Waals surface area contributed by atoms with E-state index in [9.17, 15) is 4.79 Å². The van der Waals surface area contributed by atoms with E-state index in [0.717, 1.165) is 41.7 Å². The molecule has 2 aromatic rings. The Bertz CT molecular complexity index is 949. The number of hydrogen-bond acceptors (Lipinski definition) is 5. The van der Waals surface area contributed by atoms with E-state index in [0.29, 0.717) is 11.8 Å². The highest BCUT2D eigenvalue weighted by Crippen LogP contribution is 2.44. The monoisotopic (exact) mass is 408 g/mol. The van der Waals surface area contributed by atoms with Crippen LogP contribution in [0, 0.1) is 17.3 Å². The zero-order valence-electron chi connectivity index (χ0n) is 18.4. The van der Waals surface area contributed by atoms with Gasteiger partial charge in [-0.2, -0.15) is 0 Å². The fourth-order valence-corrected chi connectivity index (χ4v) is 4.86. The quantitative estimate of drug-likeness (QED) is 0.527. The Kier molecular flexibility index (Phi) is 5.58. The molecule has 2 unspecified atom stereocenters. The van der Waals surface area contributed by atoms with Crippen LogP contribution in [0.5, 0.6) is 5.75 Å². The number of benzene rings is 1. The van der Waals surface area contributed by atoms with Gasteiger partial charge in [0.05, 0.1) is 24.1 Å². The number of carbonyl (C=O) groups is 1. The van der Waals surface area contributed by atoms with Crippen LogP contribution in [0.1, 0.15) is 45.3 Å². The van der Waals surface area contributed by atoms with Gasteiger partial charge in [-0.3, -0.25) is 14.7 Å². The molecule has 3 aliphatic rings. The fraction of sp³-hybridized carbons (Fsp3) is 0.520. The van der Waals surface area contributed by atoms with Crippen LogP contribution in [0.4, 0.5) is 0 Å². The number of ether oxygens (including phenoxy) is 2. The Labute approximate surface area is 179 Å². The highest BCUT2D eigenvalue weighted by molar-refractivity contribution is 5.84. The van der Waals surface area contributed by atoms with Crippen molar-refractivity contribution < 1.29 is 14.3 Å². The number of fused-ring (bicyclic) bond motifs is 4. The third kappa shape index (κ3) is 3.83. The van der Waals surface area contributed by atoms with Gasteiger partial charge in [0, 0.05) is 23.7 Å². The number of esters is 1. The Morgan fingerprint density at radius 3 is 2.77 bits per heavy atom. The van der Waals surface area contributed by atoms with E-state index < -0.39 is 5.41 Å². The molecule has 30 heavy (non-hydrogen) atoms. The van der Waals surface area contributed by atoms with Crippen molar-refractivity contribution in [2.24, 2.45) is 17.3 Å². The van der Waals surface area contributed by atoms with Crippen molar-refractivity contribution >= 4 is 16.9 Å². The SMILES string of the molecule is C=C[C@H]1CN2CCC1C[C@@H]2[C@@H](OC(=O)C(C)(C)C)c1ccnc2ccc(OC)cc12. The first-order chi connectivity index (χ1) is 14.3. The lowest BCUT2D eigenvalue weighted by atomic mass is 9.73. The summed E-state index contributed by atoms with van der Waals surface area (Å²) >= 11 is 0. The van der Waals surface area contributed by atoms with Crippen LogP contribution < -0.4 is 4.74 Å². The van der Waals surface area contributed by atoms with Crippen molar-refractivity contribution in [2.45, 2.75) is 45.8 Å². The molecule has 5 rings (SSSR count). The zero-order chi connectivity index (χ0) is 21.5. The van der Waals surface area contributed by atoms with Crippen LogP contribution in [0.3, 0.4) is 0 Å². The molecular weight excluding hydrogens is 376 g/mol. The molecule has 160 valence electrons. The van der Waals surface area contributed by atoms with Crippen LogP contribution in [0.15, 0.2) is 43.1 Å². The summed E-state index contributed by atoms with van der Waals surface area (Å²) in [5.74, 6) is 1.71. The van der Waals surface area contributed by atoms with E-state index in [1.807, 2.05) is 51.2 Å². The molecule has 0 amide bonds. The Morgan fingerprint density at radius 2 is 2.13 bits per heavy atom. The summed E-state index contributed by atoms with van der Waals surface area (Å²) in [7, 11) is 1.66. The lowest BCUT2D eigenvalue weighted by Crippen LogP contribution is -2.55. The third-order valence-electron chi connectivity index (χ3n) is 6.64. The zero-order valence-corrected chi connectivity index (χ0v) is 18.4. The lowest BCUT2D eigenvalue weighted by molar-refractivity contribution is -0.166. The van der Waals surface area contributed by atoms with E-state index in [4.69, 9.17) is 9.47 Å². The summed E-state index contributed by atoms with van der Waals surface area (Å²) in [5, 5.41) is 0.978. The molecular formula is C25H32N2O3. The van der Waals surface area contributed by atoms with Crippen LogP contribution >= 0.6 is 0 Å². The average Bonchev–Trinajstić information content (AvgIpc) is 2.76. The number of rotatable bonds is 5. The van der Waals surface area contributed by atoms with Gasteiger partial charge in [0.15, 0.2) is 0 Å². The van der Waals surface area contributed by atoms with Gasteiger partial charge in [-0.25, -0.2) is 0 Å². The number of aromatic nitrogens is 1. The number of piperidine rings is 3. The minimum atomic E-state index is -0.564. The molecule has 0 aliphatic carbocycles. The van der Waals surface area contributed by atoms with Gasteiger partial charge in [-0.05, 0) is 76.3 Å². The molecule has 5 heteroatoms. The Balaban J connectivity index is 1.78. The fourth-order valence-electron chi connectivity index (χ4n) is 4.86. The van der Waals surface area contributed by atoms with Crippen molar-refractivity contribution in [1.29, 1.82) is 0 Å². The molecule has 3 fully saturated rings. The van der Waals surface area contributed by atoms with Crippen LogP contribution in [0.25, 0.3) is 10.9 Å². The molecule has 0 radical (unpaired) electrons. The highest BCUT2D eigenvalue weighted by atomic mass is 16.5. The Hall–Kier alpha value is -2.40. The average molecular weight is 409 g/mol. The maximum Gasteiger partial charge on any atom is 0.311 e. The molecule has 4 heterocycles. The second-order valence-electron chi connectivity index (χ2n) is 9.61. The van der Waals surface area contributed by atoms with Crippen molar-refractivity contribution in [3.8, 4) is 5.75 Å². The van der Waals surface area contributed by atoms with E-state index in [2.05, 4.69) is 22.5 Å². The highest BCUT2D eigenvalue weighted by Gasteiger charge is 2.45. The summed E-state index contributed by atoms with van der Waals surface area (Å²) in [5.41, 5.74) is 1.32. The molecule has 1 aromatic heterocycles. The number of carbonyl (C=O) groups excluding carboxylic acids is 1. The van der Waals surface area contributed by atoms with Gasteiger partial charge in [-0.1, -0.05) is 6.08 Å². The summed E-state index contributed by atoms with van der Waals surface area (Å²) < 4.78 is 11.7. The molecule has 2 bridgehead atoms. The predicted molar refractivity (Wildman–Crippen MR) is 118 cm³/mol. The largest absolute Gasteiger partial charge is 0.497 e. The Morgan fingerprint density at radius 1 is 1.33 bits per heavy atom. The molecule has 3 aliphatic heterocycles. The number of hydrogen-bond donors (Lipinski definition) is 0. The van der Waals surface area contributed by atoms with Crippen LogP contribution in [-0.2, 0) is 9.53 Å². The second-order valence-corrected chi connectivity index (χ2v) is 9.61. The first-order valence-corrected chi connectivity index (χ1v) is 10.8. The minimum Gasteiger partial charge on any atom is -0.497 e. The van der Waals surface area contributed by atoms with Gasteiger partial charge in [0.1, 0.15) is 11.9 Å². The number of nitrogens with zero attached hydrogens (tertiary/aromatic N) is 2. The van der Waals surface area contributed by atoms with Gasteiger partial charge in [-0.15, -0.1) is 6.58 Å². The summed E-state index contributed by atoms with van der Waals surface area (Å²) in [6, 6.07) is 8.02. The summed E-state index contributed by atoms with van der Waals surface area (Å²) in [6.07, 6.45) is 5.74. The summed E-state index contributed by atoms with van der Waals surface area (Å²) in [6.45, 7) is 11.8. The maximum absolute atomic E-state index is 13.0.